The summed E-state index contributed by atoms with van der Waals surface area (Å²) in [6, 6.07) is 9.22. The Hall–Kier alpha value is -1.76. The smallest absolute Gasteiger partial charge is 0.320 e. The lowest BCUT2D eigenvalue weighted by molar-refractivity contribution is -0.524. The summed E-state index contributed by atoms with van der Waals surface area (Å²) < 4.78 is 2.26. The van der Waals surface area contributed by atoms with E-state index in [2.05, 4.69) is 4.98 Å². The molecule has 5 nitrogen and oxygen atoms in total. The number of benzene rings is 1. The predicted octanol–water partition coefficient (Wildman–Crippen LogP) is 1.98. The van der Waals surface area contributed by atoms with Crippen molar-refractivity contribution >= 4 is 34.7 Å². The van der Waals surface area contributed by atoms with Gasteiger partial charge in [0.05, 0.1) is 18.3 Å². The van der Waals surface area contributed by atoms with E-state index in [1.807, 2.05) is 30.3 Å². The second-order valence-electron chi connectivity index (χ2n) is 6.08. The fourth-order valence-electron chi connectivity index (χ4n) is 3.62. The predicted molar refractivity (Wildman–Crippen MR) is 90.1 cm³/mol. The maximum Gasteiger partial charge on any atom is 0.320 e. The van der Waals surface area contributed by atoms with Crippen molar-refractivity contribution in [3.05, 3.63) is 51.4 Å². The van der Waals surface area contributed by atoms with Crippen LogP contribution in [0, 0.1) is 0 Å². The van der Waals surface area contributed by atoms with Gasteiger partial charge in [0.15, 0.2) is 4.47 Å². The number of amidine groups is 1. The lowest BCUT2D eigenvalue weighted by Crippen LogP contribution is -2.58. The lowest BCUT2D eigenvalue weighted by Gasteiger charge is -2.38. The minimum atomic E-state index is -1.10. The molecule has 0 saturated carbocycles. The van der Waals surface area contributed by atoms with Crippen molar-refractivity contribution in [2.24, 2.45) is 0 Å². The number of nitrogens with zero attached hydrogens (tertiary/aromatic N) is 3. The molecule has 2 aliphatic rings. The van der Waals surface area contributed by atoms with Crippen LogP contribution in [-0.4, -0.2) is 39.5 Å². The zero-order valence-corrected chi connectivity index (χ0v) is 14.6. The van der Waals surface area contributed by atoms with Crippen molar-refractivity contribution in [2.75, 3.05) is 7.05 Å². The van der Waals surface area contributed by atoms with Crippen LogP contribution < -0.4 is 5.11 Å². The highest BCUT2D eigenvalue weighted by Gasteiger charge is 2.48. The molecule has 2 aliphatic heterocycles. The van der Waals surface area contributed by atoms with E-state index in [1.54, 1.807) is 22.7 Å². The van der Waals surface area contributed by atoms with Crippen LogP contribution in [0.25, 0.3) is 0 Å². The van der Waals surface area contributed by atoms with Crippen LogP contribution in [0.3, 0.4) is 0 Å². The van der Waals surface area contributed by atoms with Gasteiger partial charge >= 0.3 is 5.91 Å². The van der Waals surface area contributed by atoms with Gasteiger partial charge in [-0.05, 0) is 5.56 Å². The molecule has 1 aromatic carbocycles. The van der Waals surface area contributed by atoms with Crippen molar-refractivity contribution in [2.45, 2.75) is 31.0 Å². The van der Waals surface area contributed by atoms with Crippen LogP contribution in [0.5, 0.6) is 0 Å². The quantitative estimate of drug-likeness (QED) is 0.767. The number of likely N-dealkylation sites (N-methyl/N-ethyl adjacent to an activating group) is 1. The number of carbonyl (C=O) groups is 1. The summed E-state index contributed by atoms with van der Waals surface area (Å²) in [5.74, 6) is -0.0213. The molecule has 3 atom stereocenters. The molecular formula is C17H16ClN3O2S. The third kappa shape index (κ3) is 2.37. The van der Waals surface area contributed by atoms with Crippen LogP contribution in [0.1, 0.15) is 35.2 Å². The largest absolute Gasteiger partial charge is 0.817 e. The minimum absolute atomic E-state index is 0.0846. The Labute approximate surface area is 148 Å². The number of thiazole rings is 1. The van der Waals surface area contributed by atoms with Gasteiger partial charge in [-0.1, -0.05) is 41.9 Å². The normalized spacial score (nSPS) is 26.9. The highest BCUT2D eigenvalue weighted by molar-refractivity contribution is 7.15. The highest BCUT2D eigenvalue weighted by atomic mass is 35.5. The van der Waals surface area contributed by atoms with Crippen molar-refractivity contribution in [1.82, 2.24) is 9.88 Å². The number of aromatic nitrogens is 1. The zero-order chi connectivity index (χ0) is 16.8. The van der Waals surface area contributed by atoms with Gasteiger partial charge in [-0.2, -0.15) is 4.58 Å². The Morgan fingerprint density at radius 3 is 2.79 bits per heavy atom. The van der Waals surface area contributed by atoms with E-state index in [9.17, 15) is 9.90 Å². The molecule has 2 aromatic rings. The van der Waals surface area contributed by atoms with Crippen LogP contribution in [0.2, 0.25) is 4.47 Å². The van der Waals surface area contributed by atoms with E-state index in [1.165, 1.54) is 11.3 Å². The molecule has 0 radical (unpaired) electrons. The zero-order valence-electron chi connectivity index (χ0n) is 13.1. The van der Waals surface area contributed by atoms with E-state index in [-0.39, 0.29) is 11.9 Å². The molecule has 24 heavy (non-hydrogen) atoms. The van der Waals surface area contributed by atoms with Gasteiger partial charge in [0.1, 0.15) is 12.0 Å². The van der Waals surface area contributed by atoms with Crippen molar-refractivity contribution in [3.63, 3.8) is 0 Å². The van der Waals surface area contributed by atoms with Gasteiger partial charge in [-0.25, -0.2) is 9.78 Å². The molecule has 124 valence electrons. The molecule has 3 heterocycles. The molecule has 0 aliphatic carbocycles. The van der Waals surface area contributed by atoms with Gasteiger partial charge in [-0.3, -0.25) is 4.90 Å². The van der Waals surface area contributed by atoms with Crippen molar-refractivity contribution in [3.8, 4) is 0 Å². The second kappa shape index (κ2) is 5.95. The molecule has 1 amide bonds. The SMILES string of the molecule is CN1C2=[N+](C(=O)C(c3ccccc3)C1[O-])C(c1cnc(Cl)s1)CC2. The molecule has 0 fully saturated rings. The number of rotatable bonds is 2. The topological polar surface area (TPSA) is 59.3 Å². The van der Waals surface area contributed by atoms with Crippen LogP contribution >= 0.6 is 22.9 Å². The molecule has 0 N–H and O–H groups in total. The van der Waals surface area contributed by atoms with E-state index >= 15 is 0 Å². The fourth-order valence-corrected chi connectivity index (χ4v) is 4.70. The summed E-state index contributed by atoms with van der Waals surface area (Å²) >= 11 is 7.36. The second-order valence-corrected chi connectivity index (χ2v) is 7.73. The van der Waals surface area contributed by atoms with Gasteiger partial charge in [0.25, 0.3) is 5.84 Å². The Morgan fingerprint density at radius 1 is 1.38 bits per heavy atom. The first kappa shape index (κ1) is 15.7. The van der Waals surface area contributed by atoms with Gasteiger partial charge in [0.2, 0.25) is 0 Å². The average molecular weight is 362 g/mol. The summed E-state index contributed by atoms with van der Waals surface area (Å²) in [6.45, 7) is 0. The monoisotopic (exact) mass is 361 g/mol. The Morgan fingerprint density at radius 2 is 2.12 bits per heavy atom. The summed E-state index contributed by atoms with van der Waals surface area (Å²) in [5, 5.41) is 12.8. The Bertz CT molecular complexity index is 820. The third-order valence-electron chi connectivity index (χ3n) is 4.79. The van der Waals surface area contributed by atoms with Gasteiger partial charge < -0.3 is 5.11 Å². The molecule has 4 rings (SSSR count). The number of hydrogen-bond donors (Lipinski definition) is 0. The van der Waals surface area contributed by atoms with Gasteiger partial charge in [-0.15, -0.1) is 11.3 Å². The highest BCUT2D eigenvalue weighted by Crippen LogP contribution is 2.39. The maximum absolute atomic E-state index is 13.2. The first-order valence-electron chi connectivity index (χ1n) is 7.81. The molecule has 0 spiro atoms. The van der Waals surface area contributed by atoms with E-state index in [0.717, 1.165) is 22.7 Å². The van der Waals surface area contributed by atoms with E-state index < -0.39 is 12.1 Å². The molecule has 3 unspecified atom stereocenters. The van der Waals surface area contributed by atoms with Gasteiger partial charge in [0, 0.05) is 18.8 Å². The van der Waals surface area contributed by atoms with Crippen molar-refractivity contribution < 1.29 is 14.5 Å². The lowest BCUT2D eigenvalue weighted by atomic mass is 9.93. The molecule has 0 saturated heterocycles. The number of amides is 1. The summed E-state index contributed by atoms with van der Waals surface area (Å²) in [4.78, 5) is 20.0. The summed E-state index contributed by atoms with van der Waals surface area (Å²) in [5.41, 5.74) is 0.765. The minimum Gasteiger partial charge on any atom is -0.817 e. The number of carbonyl (C=O) groups excluding carboxylic acids is 1. The molecule has 1 aromatic heterocycles. The summed E-state index contributed by atoms with van der Waals surface area (Å²) in [6.07, 6.45) is 2.13. The van der Waals surface area contributed by atoms with Crippen LogP contribution in [-0.2, 0) is 4.79 Å². The molecular weight excluding hydrogens is 346 g/mol. The maximum atomic E-state index is 13.2. The van der Waals surface area contributed by atoms with Crippen molar-refractivity contribution in [1.29, 1.82) is 0 Å². The Kier molecular flexibility index (Phi) is 3.90. The first-order valence-corrected chi connectivity index (χ1v) is 9.01. The summed E-state index contributed by atoms with van der Waals surface area (Å²) in [7, 11) is 1.78. The van der Waals surface area contributed by atoms with E-state index in [0.29, 0.717) is 10.9 Å². The number of hydrogen-bond acceptors (Lipinski definition) is 5. The molecule has 7 heteroatoms. The fraction of sp³-hybridized carbons (Fsp3) is 0.353. The Balaban J connectivity index is 1.78. The van der Waals surface area contributed by atoms with Crippen LogP contribution in [0.15, 0.2) is 36.5 Å². The van der Waals surface area contributed by atoms with Crippen LogP contribution in [0.4, 0.5) is 0 Å². The molecule has 0 bridgehead atoms. The third-order valence-corrected chi connectivity index (χ3v) is 6.01. The number of halogens is 1. The first-order chi connectivity index (χ1) is 11.6. The van der Waals surface area contributed by atoms with E-state index in [4.69, 9.17) is 11.6 Å². The standard InChI is InChI=1S/C17H16ClN3O2S/c1-20-13-8-7-11(12-9-19-17(18)24-12)21(13)16(23)14(15(20)22)10-5-3-2-4-6-10/h2-6,9,11,14-15H,7-8H2,1H3. The average Bonchev–Trinajstić information content (AvgIpc) is 3.20.